The van der Waals surface area contributed by atoms with Gasteiger partial charge in [-0.15, -0.1) is 0 Å². The fraction of sp³-hybridized carbons (Fsp3) is 0.417. The molecule has 0 saturated carbocycles. The third kappa shape index (κ3) is 2.27. The zero-order chi connectivity index (χ0) is 12.4. The number of aromatic nitrogens is 4. The number of hydrogen-bond donors (Lipinski definition) is 1. The lowest BCUT2D eigenvalue weighted by Crippen LogP contribution is -2.01. The first-order chi connectivity index (χ1) is 8.11. The summed E-state index contributed by atoms with van der Waals surface area (Å²) in [5, 5.41) is 4.27. The third-order valence-electron chi connectivity index (χ3n) is 2.69. The molecule has 0 aliphatic carbocycles. The maximum atomic E-state index is 5.89. The molecule has 90 valence electrons. The number of nitrogens with two attached hydrogens (primary N) is 1. The lowest BCUT2D eigenvalue weighted by molar-refractivity contribution is 0.603. The number of hydrogen-bond acceptors (Lipinski definition) is 4. The second-order valence-electron chi connectivity index (χ2n) is 4.12. The number of anilines is 1. The van der Waals surface area contributed by atoms with E-state index in [9.17, 15) is 0 Å². The summed E-state index contributed by atoms with van der Waals surface area (Å²) in [7, 11) is 0. The van der Waals surface area contributed by atoms with E-state index in [2.05, 4.69) is 22.0 Å². The van der Waals surface area contributed by atoms with Gasteiger partial charge in [-0.05, 0) is 20.3 Å². The first kappa shape index (κ1) is 11.6. The van der Waals surface area contributed by atoms with Crippen LogP contribution in [0.3, 0.4) is 0 Å². The summed E-state index contributed by atoms with van der Waals surface area (Å²) >= 11 is 0. The molecule has 0 radical (unpaired) electrons. The highest BCUT2D eigenvalue weighted by molar-refractivity contribution is 5.68. The van der Waals surface area contributed by atoms with E-state index in [1.807, 2.05) is 24.7 Å². The van der Waals surface area contributed by atoms with Crippen LogP contribution >= 0.6 is 0 Å². The van der Waals surface area contributed by atoms with Crippen molar-refractivity contribution >= 4 is 5.82 Å². The van der Waals surface area contributed by atoms with Gasteiger partial charge in [-0.2, -0.15) is 5.10 Å². The van der Waals surface area contributed by atoms with Gasteiger partial charge in [0.1, 0.15) is 11.5 Å². The van der Waals surface area contributed by atoms with E-state index in [-0.39, 0.29) is 0 Å². The molecule has 0 aliphatic heterocycles. The zero-order valence-electron chi connectivity index (χ0n) is 10.4. The Morgan fingerprint density at radius 3 is 2.65 bits per heavy atom. The van der Waals surface area contributed by atoms with Crippen molar-refractivity contribution < 1.29 is 0 Å². The number of nitrogen functional groups attached to an aromatic ring is 1. The molecular weight excluding hydrogens is 214 g/mol. The minimum atomic E-state index is 0.462. The van der Waals surface area contributed by atoms with Crippen molar-refractivity contribution in [1.82, 2.24) is 19.7 Å². The van der Waals surface area contributed by atoms with E-state index in [4.69, 9.17) is 5.73 Å². The van der Waals surface area contributed by atoms with E-state index < -0.39 is 0 Å². The van der Waals surface area contributed by atoms with Gasteiger partial charge in [-0.1, -0.05) is 6.92 Å². The summed E-state index contributed by atoms with van der Waals surface area (Å²) in [6.45, 7) is 6.86. The van der Waals surface area contributed by atoms with E-state index in [0.29, 0.717) is 5.82 Å². The molecule has 2 heterocycles. The minimum absolute atomic E-state index is 0.462. The predicted molar refractivity (Wildman–Crippen MR) is 67.4 cm³/mol. The van der Waals surface area contributed by atoms with Gasteiger partial charge in [-0.3, -0.25) is 4.68 Å². The van der Waals surface area contributed by atoms with Crippen LogP contribution in [0.4, 0.5) is 5.82 Å². The van der Waals surface area contributed by atoms with Crippen LogP contribution in [-0.4, -0.2) is 19.7 Å². The summed E-state index contributed by atoms with van der Waals surface area (Å²) < 4.78 is 1.89. The Bertz CT molecular complexity index is 530. The van der Waals surface area contributed by atoms with Crippen molar-refractivity contribution in [3.05, 3.63) is 23.8 Å². The van der Waals surface area contributed by atoms with Crippen molar-refractivity contribution in [1.29, 1.82) is 0 Å². The molecule has 0 fully saturated rings. The molecular formula is C12H17N5. The second-order valence-corrected chi connectivity index (χ2v) is 4.12. The van der Waals surface area contributed by atoms with Gasteiger partial charge in [0.05, 0.1) is 17.6 Å². The van der Waals surface area contributed by atoms with E-state index >= 15 is 0 Å². The van der Waals surface area contributed by atoms with Crippen LogP contribution in [0.5, 0.6) is 0 Å². The first-order valence-corrected chi connectivity index (χ1v) is 5.75. The lowest BCUT2D eigenvalue weighted by Gasteiger charge is -2.05. The summed E-state index contributed by atoms with van der Waals surface area (Å²) in [6.07, 6.45) is 4.79. The smallest absolute Gasteiger partial charge is 0.150 e. The monoisotopic (exact) mass is 231 g/mol. The van der Waals surface area contributed by atoms with E-state index in [1.54, 1.807) is 6.20 Å². The molecule has 0 unspecified atom stereocenters. The molecule has 0 aliphatic rings. The molecule has 0 atom stereocenters. The Balaban J connectivity index is 2.41. The number of nitrogens with zero attached hydrogens (tertiary/aromatic N) is 4. The summed E-state index contributed by atoms with van der Waals surface area (Å²) in [6, 6.07) is 0. The molecule has 0 aromatic carbocycles. The van der Waals surface area contributed by atoms with Gasteiger partial charge in [0.15, 0.2) is 0 Å². The molecule has 2 aromatic heterocycles. The van der Waals surface area contributed by atoms with Crippen molar-refractivity contribution in [3.63, 3.8) is 0 Å². The number of rotatable bonds is 3. The molecule has 0 amide bonds. The Morgan fingerprint density at radius 1 is 1.24 bits per heavy atom. The van der Waals surface area contributed by atoms with Crippen molar-refractivity contribution in [2.24, 2.45) is 0 Å². The molecule has 17 heavy (non-hydrogen) atoms. The van der Waals surface area contributed by atoms with Crippen LogP contribution < -0.4 is 5.73 Å². The van der Waals surface area contributed by atoms with Crippen LogP contribution in [0.2, 0.25) is 0 Å². The topological polar surface area (TPSA) is 69.6 Å². The quantitative estimate of drug-likeness (QED) is 0.876. The van der Waals surface area contributed by atoms with Crippen molar-refractivity contribution in [2.45, 2.75) is 33.7 Å². The van der Waals surface area contributed by atoms with Crippen LogP contribution in [0.15, 0.2) is 12.4 Å². The van der Waals surface area contributed by atoms with Gasteiger partial charge in [0.2, 0.25) is 0 Å². The van der Waals surface area contributed by atoms with Crippen LogP contribution in [0.1, 0.15) is 24.7 Å². The molecule has 0 bridgehead atoms. The maximum absolute atomic E-state index is 5.89. The standard InChI is InChI=1S/C12H17N5/c1-4-5-17-7-10(6-14-17)11-12(13)16-9(3)8(2)15-11/h6-7H,4-5H2,1-3H3,(H2,13,16). The van der Waals surface area contributed by atoms with Gasteiger partial charge >= 0.3 is 0 Å². The van der Waals surface area contributed by atoms with Gasteiger partial charge in [0, 0.05) is 18.3 Å². The molecule has 5 heteroatoms. The highest BCUT2D eigenvalue weighted by atomic mass is 15.3. The minimum Gasteiger partial charge on any atom is -0.382 e. The average Bonchev–Trinajstić information content (AvgIpc) is 2.72. The molecule has 2 aromatic rings. The van der Waals surface area contributed by atoms with Crippen LogP contribution in [-0.2, 0) is 6.54 Å². The zero-order valence-corrected chi connectivity index (χ0v) is 10.4. The summed E-state index contributed by atoms with van der Waals surface area (Å²) in [5.74, 6) is 0.462. The largest absolute Gasteiger partial charge is 0.382 e. The first-order valence-electron chi connectivity index (χ1n) is 5.75. The second kappa shape index (κ2) is 4.53. The molecule has 2 N–H and O–H groups in total. The summed E-state index contributed by atoms with van der Waals surface area (Å²) in [4.78, 5) is 8.76. The Kier molecular flexibility index (Phi) is 3.08. The molecule has 0 spiro atoms. The predicted octanol–water partition coefficient (Wildman–Crippen LogP) is 1.95. The van der Waals surface area contributed by atoms with E-state index in [1.165, 1.54) is 0 Å². The van der Waals surface area contributed by atoms with Crippen LogP contribution in [0.25, 0.3) is 11.3 Å². The molecule has 0 saturated heterocycles. The van der Waals surface area contributed by atoms with E-state index in [0.717, 1.165) is 35.6 Å². The van der Waals surface area contributed by atoms with Gasteiger partial charge in [-0.25, -0.2) is 9.97 Å². The average molecular weight is 231 g/mol. The fourth-order valence-electron chi connectivity index (χ4n) is 1.67. The van der Waals surface area contributed by atoms with Crippen molar-refractivity contribution in [3.8, 4) is 11.3 Å². The Morgan fingerprint density at radius 2 is 1.94 bits per heavy atom. The third-order valence-corrected chi connectivity index (χ3v) is 2.69. The maximum Gasteiger partial charge on any atom is 0.150 e. The van der Waals surface area contributed by atoms with Gasteiger partial charge < -0.3 is 5.73 Å². The molecule has 2 rings (SSSR count). The highest BCUT2D eigenvalue weighted by Crippen LogP contribution is 2.22. The Hall–Kier alpha value is -1.91. The van der Waals surface area contributed by atoms with Gasteiger partial charge in [0.25, 0.3) is 0 Å². The SMILES string of the molecule is CCCn1cc(-c2nc(C)c(C)nc2N)cn1. The fourth-order valence-corrected chi connectivity index (χ4v) is 1.67. The van der Waals surface area contributed by atoms with Crippen LogP contribution in [0, 0.1) is 13.8 Å². The lowest BCUT2D eigenvalue weighted by atomic mass is 10.2. The highest BCUT2D eigenvalue weighted by Gasteiger charge is 2.10. The Labute approximate surface area is 101 Å². The van der Waals surface area contributed by atoms with Crippen molar-refractivity contribution in [2.75, 3.05) is 5.73 Å². The molecule has 5 nitrogen and oxygen atoms in total. The normalized spacial score (nSPS) is 10.8. The summed E-state index contributed by atoms with van der Waals surface area (Å²) in [5.41, 5.74) is 9.30. The number of aryl methyl sites for hydroxylation is 3.